The summed E-state index contributed by atoms with van der Waals surface area (Å²) in [5, 5.41) is 14.7. The van der Waals surface area contributed by atoms with E-state index in [1.54, 1.807) is 12.1 Å². The van der Waals surface area contributed by atoms with E-state index < -0.39 is 33.4 Å². The maximum absolute atomic E-state index is 14.6. The topological polar surface area (TPSA) is 139 Å². The SMILES string of the molecule is COc1ccc(N(CC(=O)N(Cc2cccc(C)c2)[C@H](Cc2ccccc2)C(=O)NC(C)C)S(=O)(=O)c2ccc(C)c([N+](=O)[O-])c2)cc1. The van der Waals surface area contributed by atoms with Gasteiger partial charge >= 0.3 is 0 Å². The highest BCUT2D eigenvalue weighted by molar-refractivity contribution is 7.92. The minimum Gasteiger partial charge on any atom is -0.497 e. The molecule has 48 heavy (non-hydrogen) atoms. The van der Waals surface area contributed by atoms with Gasteiger partial charge in [0.15, 0.2) is 0 Å². The Hall–Kier alpha value is -5.23. The van der Waals surface area contributed by atoms with E-state index in [0.717, 1.165) is 27.1 Å². The standard InChI is InChI=1S/C36H40N4O7S/c1-25(2)37-36(42)34(21-28-11-7-6-8-12-28)38(23-29-13-9-10-26(3)20-29)35(41)24-39(30-15-17-31(47-5)18-16-30)48(45,46)32-19-14-27(4)33(22-32)40(43)44/h6-20,22,25,34H,21,23-24H2,1-5H3,(H,37,42)/t34-/m1/s1. The third kappa shape index (κ3) is 8.77. The molecular weight excluding hydrogens is 632 g/mol. The van der Waals surface area contributed by atoms with E-state index in [2.05, 4.69) is 5.32 Å². The number of methoxy groups -OCH3 is 1. The number of nitro groups is 1. The first-order chi connectivity index (χ1) is 22.8. The van der Waals surface area contributed by atoms with Crippen molar-refractivity contribution < 1.29 is 27.7 Å². The molecule has 0 saturated heterocycles. The van der Waals surface area contributed by atoms with Crippen LogP contribution in [-0.4, -0.2) is 55.8 Å². The molecule has 0 spiro atoms. The molecule has 0 aliphatic heterocycles. The zero-order valence-corrected chi connectivity index (χ0v) is 28.4. The van der Waals surface area contributed by atoms with Crippen molar-refractivity contribution in [1.82, 2.24) is 10.2 Å². The summed E-state index contributed by atoms with van der Waals surface area (Å²) in [6.45, 7) is 6.41. The molecule has 0 aliphatic carbocycles. The first-order valence-electron chi connectivity index (χ1n) is 15.4. The summed E-state index contributed by atoms with van der Waals surface area (Å²) >= 11 is 0. The third-order valence-corrected chi connectivity index (χ3v) is 9.51. The van der Waals surface area contributed by atoms with Gasteiger partial charge in [-0.05, 0) is 69.2 Å². The van der Waals surface area contributed by atoms with Gasteiger partial charge in [-0.1, -0.05) is 66.2 Å². The fourth-order valence-corrected chi connectivity index (χ4v) is 6.73. The van der Waals surface area contributed by atoms with Crippen LogP contribution in [0.5, 0.6) is 5.75 Å². The zero-order valence-electron chi connectivity index (χ0n) is 27.6. The van der Waals surface area contributed by atoms with Crippen LogP contribution in [0.25, 0.3) is 0 Å². The van der Waals surface area contributed by atoms with Gasteiger partial charge in [-0.15, -0.1) is 0 Å². The summed E-state index contributed by atoms with van der Waals surface area (Å²) in [7, 11) is -3.07. The number of amides is 2. The van der Waals surface area contributed by atoms with Gasteiger partial charge < -0.3 is 15.0 Å². The van der Waals surface area contributed by atoms with Crippen LogP contribution in [0.4, 0.5) is 11.4 Å². The fraction of sp³-hybridized carbons (Fsp3) is 0.278. The van der Waals surface area contributed by atoms with E-state index in [1.807, 2.05) is 75.4 Å². The Bertz CT molecular complexity index is 1860. The molecule has 0 unspecified atom stereocenters. The monoisotopic (exact) mass is 672 g/mol. The van der Waals surface area contributed by atoms with Gasteiger partial charge in [-0.2, -0.15) is 0 Å². The van der Waals surface area contributed by atoms with Gasteiger partial charge in [0.05, 0.1) is 22.6 Å². The molecule has 0 bridgehead atoms. The molecule has 11 nitrogen and oxygen atoms in total. The van der Waals surface area contributed by atoms with Crippen molar-refractivity contribution in [2.75, 3.05) is 18.0 Å². The van der Waals surface area contributed by atoms with Gasteiger partial charge in [0.2, 0.25) is 11.8 Å². The summed E-state index contributed by atoms with van der Waals surface area (Å²) in [6, 6.07) is 25.3. The molecule has 4 rings (SSSR count). The molecule has 0 fully saturated rings. The lowest BCUT2D eigenvalue weighted by molar-refractivity contribution is -0.385. The normalized spacial score (nSPS) is 11.9. The summed E-state index contributed by atoms with van der Waals surface area (Å²) in [6.07, 6.45) is 0.177. The number of benzene rings is 4. The Balaban J connectivity index is 1.84. The van der Waals surface area contributed by atoms with Crippen molar-refractivity contribution in [3.63, 3.8) is 0 Å². The number of ether oxygens (including phenoxy) is 1. The van der Waals surface area contributed by atoms with Gasteiger partial charge in [0.1, 0.15) is 18.3 Å². The Morgan fingerprint density at radius 1 is 0.896 bits per heavy atom. The molecule has 4 aromatic carbocycles. The Morgan fingerprint density at radius 3 is 2.17 bits per heavy atom. The quantitative estimate of drug-likeness (QED) is 0.136. The Morgan fingerprint density at radius 2 is 1.56 bits per heavy atom. The van der Waals surface area contributed by atoms with Crippen LogP contribution in [0.3, 0.4) is 0 Å². The van der Waals surface area contributed by atoms with Gasteiger partial charge in [-0.25, -0.2) is 8.42 Å². The second kappa shape index (κ2) is 15.6. The minimum atomic E-state index is -4.54. The van der Waals surface area contributed by atoms with E-state index >= 15 is 0 Å². The Labute approximate surface area is 281 Å². The number of hydrogen-bond donors (Lipinski definition) is 1. The van der Waals surface area contributed by atoms with Crippen LogP contribution in [0.15, 0.2) is 102 Å². The zero-order chi connectivity index (χ0) is 35.0. The van der Waals surface area contributed by atoms with Crippen LogP contribution in [0, 0.1) is 24.0 Å². The Kier molecular flexibility index (Phi) is 11.6. The first-order valence-corrected chi connectivity index (χ1v) is 16.8. The molecule has 1 atom stereocenters. The van der Waals surface area contributed by atoms with Crippen LogP contribution >= 0.6 is 0 Å². The van der Waals surface area contributed by atoms with E-state index in [0.29, 0.717) is 5.75 Å². The highest BCUT2D eigenvalue weighted by atomic mass is 32.2. The number of nitrogens with zero attached hydrogens (tertiary/aromatic N) is 3. The molecule has 0 aromatic heterocycles. The first kappa shape index (κ1) is 35.6. The summed E-state index contributed by atoms with van der Waals surface area (Å²) in [4.78, 5) is 40.5. The second-order valence-corrected chi connectivity index (χ2v) is 13.7. The van der Waals surface area contributed by atoms with Crippen LogP contribution < -0.4 is 14.4 Å². The second-order valence-electron chi connectivity index (χ2n) is 11.8. The number of carbonyl (C=O) groups is 2. The maximum Gasteiger partial charge on any atom is 0.273 e. The molecule has 12 heteroatoms. The molecule has 0 radical (unpaired) electrons. The van der Waals surface area contributed by atoms with E-state index in [4.69, 9.17) is 4.74 Å². The van der Waals surface area contributed by atoms with Crippen molar-refractivity contribution in [1.29, 1.82) is 0 Å². The van der Waals surface area contributed by atoms with E-state index in [1.165, 1.54) is 43.2 Å². The van der Waals surface area contributed by atoms with Crippen molar-refractivity contribution in [3.05, 3.63) is 129 Å². The minimum absolute atomic E-state index is 0.0238. The maximum atomic E-state index is 14.6. The number of nitro benzene ring substituents is 1. The van der Waals surface area contributed by atoms with Crippen molar-refractivity contribution >= 4 is 33.2 Å². The van der Waals surface area contributed by atoms with Gasteiger partial charge in [0.25, 0.3) is 15.7 Å². The lowest BCUT2D eigenvalue weighted by Crippen LogP contribution is -2.54. The summed E-state index contributed by atoms with van der Waals surface area (Å²) < 4.78 is 34.8. The number of rotatable bonds is 14. The number of nitrogens with one attached hydrogen (secondary N) is 1. The highest BCUT2D eigenvalue weighted by Gasteiger charge is 2.35. The number of carbonyl (C=O) groups excluding carboxylic acids is 2. The average molecular weight is 673 g/mol. The molecule has 4 aromatic rings. The fourth-order valence-electron chi connectivity index (χ4n) is 5.29. The smallest absolute Gasteiger partial charge is 0.273 e. The predicted molar refractivity (Wildman–Crippen MR) is 184 cm³/mol. The van der Waals surface area contributed by atoms with Crippen LogP contribution in [0.1, 0.15) is 36.1 Å². The largest absolute Gasteiger partial charge is 0.497 e. The molecule has 0 saturated carbocycles. The van der Waals surface area contributed by atoms with Crippen LogP contribution in [-0.2, 0) is 32.6 Å². The van der Waals surface area contributed by atoms with Crippen molar-refractivity contribution in [2.45, 2.75) is 57.6 Å². The average Bonchev–Trinajstić information content (AvgIpc) is 3.05. The molecule has 252 valence electrons. The number of aryl methyl sites for hydroxylation is 2. The molecular formula is C36H40N4O7S. The summed E-state index contributed by atoms with van der Waals surface area (Å²) in [5.74, 6) is -0.567. The molecule has 2 amide bonds. The lowest BCUT2D eigenvalue weighted by Gasteiger charge is -2.34. The van der Waals surface area contributed by atoms with Crippen LogP contribution in [0.2, 0.25) is 0 Å². The number of anilines is 1. The number of sulfonamides is 1. The van der Waals surface area contributed by atoms with Crippen molar-refractivity contribution in [3.8, 4) is 5.75 Å². The lowest BCUT2D eigenvalue weighted by atomic mass is 10.0. The molecule has 0 heterocycles. The third-order valence-electron chi connectivity index (χ3n) is 7.74. The van der Waals surface area contributed by atoms with Crippen molar-refractivity contribution in [2.24, 2.45) is 0 Å². The molecule has 1 N–H and O–H groups in total. The van der Waals surface area contributed by atoms with Gasteiger partial charge in [-0.3, -0.25) is 24.0 Å². The van der Waals surface area contributed by atoms with E-state index in [-0.39, 0.29) is 46.7 Å². The highest BCUT2D eigenvalue weighted by Crippen LogP contribution is 2.30. The summed E-state index contributed by atoms with van der Waals surface area (Å²) in [5.41, 5.74) is 2.58. The number of hydrogen-bond acceptors (Lipinski definition) is 7. The van der Waals surface area contributed by atoms with Gasteiger partial charge in [0, 0.05) is 30.6 Å². The van der Waals surface area contributed by atoms with E-state index in [9.17, 15) is 28.1 Å². The predicted octanol–water partition coefficient (Wildman–Crippen LogP) is 5.58. The molecule has 0 aliphatic rings.